The minimum atomic E-state index is -0.436. The zero-order valence-corrected chi connectivity index (χ0v) is 14.2. The predicted molar refractivity (Wildman–Crippen MR) is 92.7 cm³/mol. The highest BCUT2D eigenvalue weighted by molar-refractivity contribution is 6.30. The number of hydrogen-bond acceptors (Lipinski definition) is 6. The minimum absolute atomic E-state index is 0.0717. The number of benzene rings is 1. The van der Waals surface area contributed by atoms with Crippen molar-refractivity contribution in [1.82, 2.24) is 19.6 Å². The van der Waals surface area contributed by atoms with Crippen molar-refractivity contribution >= 4 is 29.3 Å². The Morgan fingerprint density at radius 3 is 2.96 bits per heavy atom. The maximum atomic E-state index is 12.1. The number of H-pyrrole nitrogens is 1. The SMILES string of the molecule is CCOC(=O)Cc1cc(=O)n2[nH]c(NCc3cccc(Cl)c3)nc2n1. The second kappa shape index (κ2) is 7.35. The van der Waals surface area contributed by atoms with Gasteiger partial charge in [-0.25, -0.2) is 4.98 Å². The Morgan fingerprint density at radius 1 is 1.36 bits per heavy atom. The number of carbonyl (C=O) groups is 1. The third-order valence-corrected chi connectivity index (χ3v) is 3.60. The lowest BCUT2D eigenvalue weighted by molar-refractivity contribution is -0.142. The Balaban J connectivity index is 1.78. The molecular formula is C16H16ClN5O3. The average Bonchev–Trinajstić information content (AvgIpc) is 2.97. The van der Waals surface area contributed by atoms with Crippen molar-refractivity contribution in [2.75, 3.05) is 11.9 Å². The number of esters is 1. The zero-order chi connectivity index (χ0) is 17.8. The Bertz CT molecular complexity index is 966. The van der Waals surface area contributed by atoms with E-state index in [9.17, 15) is 9.59 Å². The van der Waals surface area contributed by atoms with E-state index in [1.807, 2.05) is 18.2 Å². The monoisotopic (exact) mass is 361 g/mol. The van der Waals surface area contributed by atoms with Crippen molar-refractivity contribution in [2.24, 2.45) is 0 Å². The highest BCUT2D eigenvalue weighted by Crippen LogP contribution is 2.12. The zero-order valence-electron chi connectivity index (χ0n) is 13.5. The lowest BCUT2D eigenvalue weighted by atomic mass is 10.2. The third-order valence-electron chi connectivity index (χ3n) is 3.36. The van der Waals surface area contributed by atoms with Gasteiger partial charge in [-0.2, -0.15) is 9.50 Å². The van der Waals surface area contributed by atoms with E-state index in [1.165, 1.54) is 10.6 Å². The lowest BCUT2D eigenvalue weighted by Gasteiger charge is -2.02. The van der Waals surface area contributed by atoms with E-state index >= 15 is 0 Å². The number of fused-ring (bicyclic) bond motifs is 1. The number of hydrogen-bond donors (Lipinski definition) is 2. The van der Waals surface area contributed by atoms with E-state index in [0.717, 1.165) is 5.56 Å². The normalized spacial score (nSPS) is 10.8. The summed E-state index contributed by atoms with van der Waals surface area (Å²) in [6, 6.07) is 8.68. The van der Waals surface area contributed by atoms with E-state index in [-0.39, 0.29) is 24.4 Å². The molecule has 3 rings (SSSR count). The molecule has 0 saturated carbocycles. The van der Waals surface area contributed by atoms with E-state index in [0.29, 0.717) is 23.2 Å². The number of rotatable bonds is 6. The van der Waals surface area contributed by atoms with Crippen LogP contribution in [0.25, 0.3) is 5.78 Å². The van der Waals surface area contributed by atoms with Crippen LogP contribution in [0.4, 0.5) is 5.95 Å². The molecule has 2 heterocycles. The molecule has 0 aliphatic carbocycles. The number of aromatic nitrogens is 4. The molecule has 130 valence electrons. The standard InChI is InChI=1S/C16H16ClN5O3/c1-2-25-14(24)8-12-7-13(23)22-16(19-12)20-15(21-22)18-9-10-4-3-5-11(17)6-10/h3-7H,2,8-9H2,1H3,(H2,18,19,20,21). The average molecular weight is 362 g/mol. The van der Waals surface area contributed by atoms with Crippen LogP contribution in [0.15, 0.2) is 35.1 Å². The molecule has 0 saturated heterocycles. The molecule has 8 nitrogen and oxygen atoms in total. The molecule has 0 atom stereocenters. The summed E-state index contributed by atoms with van der Waals surface area (Å²) in [4.78, 5) is 32.1. The molecule has 3 aromatic rings. The summed E-state index contributed by atoms with van der Waals surface area (Å²) in [5.74, 6) is 0.131. The number of ether oxygens (including phenoxy) is 1. The molecule has 1 aromatic carbocycles. The summed E-state index contributed by atoms with van der Waals surface area (Å²) in [6.07, 6.45) is -0.0717. The Morgan fingerprint density at radius 2 is 2.20 bits per heavy atom. The van der Waals surface area contributed by atoms with Crippen LogP contribution >= 0.6 is 11.6 Å². The van der Waals surface area contributed by atoms with Gasteiger partial charge in [0.05, 0.1) is 18.7 Å². The van der Waals surface area contributed by atoms with Gasteiger partial charge in [-0.05, 0) is 24.6 Å². The molecule has 0 spiro atoms. The van der Waals surface area contributed by atoms with Crippen LogP contribution in [0.3, 0.4) is 0 Å². The second-order valence-corrected chi connectivity index (χ2v) is 5.70. The summed E-state index contributed by atoms with van der Waals surface area (Å²) in [5, 5.41) is 6.54. The van der Waals surface area contributed by atoms with E-state index in [4.69, 9.17) is 16.3 Å². The molecule has 0 aliphatic rings. The highest BCUT2D eigenvalue weighted by Gasteiger charge is 2.11. The fourth-order valence-electron chi connectivity index (χ4n) is 2.29. The van der Waals surface area contributed by atoms with E-state index in [2.05, 4.69) is 20.4 Å². The largest absolute Gasteiger partial charge is 0.466 e. The first-order valence-corrected chi connectivity index (χ1v) is 8.05. The Hall–Kier alpha value is -2.87. The molecule has 9 heteroatoms. The van der Waals surface area contributed by atoms with Crippen molar-refractivity contribution in [1.29, 1.82) is 0 Å². The number of anilines is 1. The molecule has 25 heavy (non-hydrogen) atoms. The molecule has 0 aliphatic heterocycles. The van der Waals surface area contributed by atoms with E-state index in [1.54, 1.807) is 13.0 Å². The molecule has 0 fully saturated rings. The molecule has 2 N–H and O–H groups in total. The predicted octanol–water partition coefficient (Wildman–Crippen LogP) is 1.79. The number of aromatic amines is 1. The van der Waals surface area contributed by atoms with Gasteiger partial charge in [-0.3, -0.25) is 14.7 Å². The Labute approximate surface area is 147 Å². The van der Waals surface area contributed by atoms with Crippen LogP contribution in [-0.4, -0.2) is 32.2 Å². The van der Waals surface area contributed by atoms with Crippen LogP contribution in [0, 0.1) is 0 Å². The van der Waals surface area contributed by atoms with Gasteiger partial charge in [0.2, 0.25) is 5.95 Å². The molecule has 2 aromatic heterocycles. The summed E-state index contributed by atoms with van der Waals surface area (Å²) in [7, 11) is 0. The van der Waals surface area contributed by atoms with Crippen LogP contribution in [-0.2, 0) is 22.5 Å². The summed E-state index contributed by atoms with van der Waals surface area (Å²) in [6.45, 7) is 2.47. The van der Waals surface area contributed by atoms with Gasteiger partial charge in [-0.15, -0.1) is 0 Å². The second-order valence-electron chi connectivity index (χ2n) is 5.26. The van der Waals surface area contributed by atoms with Crippen LogP contribution in [0.2, 0.25) is 5.02 Å². The summed E-state index contributed by atoms with van der Waals surface area (Å²) < 4.78 is 6.06. The number of carbonyl (C=O) groups excluding carboxylic acids is 1. The fraction of sp³-hybridized carbons (Fsp3) is 0.250. The van der Waals surface area contributed by atoms with E-state index < -0.39 is 5.97 Å². The topological polar surface area (TPSA) is 101 Å². The van der Waals surface area contributed by atoms with Gasteiger partial charge in [0.1, 0.15) is 0 Å². The fourth-order valence-corrected chi connectivity index (χ4v) is 2.50. The van der Waals surface area contributed by atoms with Crippen molar-refractivity contribution in [3.8, 4) is 0 Å². The minimum Gasteiger partial charge on any atom is -0.466 e. The van der Waals surface area contributed by atoms with Gasteiger partial charge < -0.3 is 10.1 Å². The van der Waals surface area contributed by atoms with Gasteiger partial charge in [0, 0.05) is 17.6 Å². The maximum Gasteiger partial charge on any atom is 0.311 e. The lowest BCUT2D eigenvalue weighted by Crippen LogP contribution is -2.18. The molecular weight excluding hydrogens is 346 g/mol. The number of nitrogens with one attached hydrogen (secondary N) is 2. The first kappa shape index (κ1) is 17.0. The molecule has 0 bridgehead atoms. The molecule has 0 radical (unpaired) electrons. The first-order chi connectivity index (χ1) is 12.0. The maximum absolute atomic E-state index is 12.1. The van der Waals surface area contributed by atoms with Crippen molar-refractivity contribution in [3.05, 3.63) is 57.0 Å². The Kier molecular flexibility index (Phi) is 4.99. The van der Waals surface area contributed by atoms with Crippen LogP contribution < -0.4 is 10.9 Å². The van der Waals surface area contributed by atoms with Crippen LogP contribution in [0.1, 0.15) is 18.2 Å². The van der Waals surface area contributed by atoms with Crippen molar-refractivity contribution in [3.63, 3.8) is 0 Å². The smallest absolute Gasteiger partial charge is 0.311 e. The van der Waals surface area contributed by atoms with Gasteiger partial charge in [0.15, 0.2) is 0 Å². The number of halogens is 1. The van der Waals surface area contributed by atoms with Gasteiger partial charge in [-0.1, -0.05) is 23.7 Å². The quantitative estimate of drug-likeness (QED) is 0.649. The van der Waals surface area contributed by atoms with Crippen molar-refractivity contribution < 1.29 is 9.53 Å². The van der Waals surface area contributed by atoms with Crippen molar-refractivity contribution in [2.45, 2.75) is 19.9 Å². The molecule has 0 amide bonds. The molecule has 0 unspecified atom stereocenters. The highest BCUT2D eigenvalue weighted by atomic mass is 35.5. The van der Waals surface area contributed by atoms with Crippen LogP contribution in [0.5, 0.6) is 0 Å². The summed E-state index contributed by atoms with van der Waals surface area (Å²) in [5.41, 5.74) is 0.931. The summed E-state index contributed by atoms with van der Waals surface area (Å²) >= 11 is 5.95. The van der Waals surface area contributed by atoms with Gasteiger partial charge >= 0.3 is 5.97 Å². The van der Waals surface area contributed by atoms with Gasteiger partial charge in [0.25, 0.3) is 11.3 Å². The number of nitrogens with zero attached hydrogens (tertiary/aromatic N) is 3. The first-order valence-electron chi connectivity index (χ1n) is 7.68. The third kappa shape index (κ3) is 4.16.